The van der Waals surface area contributed by atoms with E-state index in [1.165, 1.54) is 12.1 Å². The molecule has 0 aliphatic carbocycles. The Hall–Kier alpha value is -2.09. The SMILES string of the molecule is CCNS(=O)(=O)c1ccc(C(=O)N2CCCc3c(N)cccc32)cc1.Cl. The summed E-state index contributed by atoms with van der Waals surface area (Å²) in [7, 11) is -3.52. The van der Waals surface area contributed by atoms with Crippen LogP contribution in [0.5, 0.6) is 0 Å². The molecule has 1 aliphatic heterocycles. The number of amides is 1. The van der Waals surface area contributed by atoms with Crippen molar-refractivity contribution < 1.29 is 13.2 Å². The lowest BCUT2D eigenvalue weighted by Gasteiger charge is -2.30. The molecule has 0 fully saturated rings. The van der Waals surface area contributed by atoms with Crippen molar-refractivity contribution >= 4 is 39.7 Å². The summed E-state index contributed by atoms with van der Waals surface area (Å²) in [5.41, 5.74) is 9.00. The first kappa shape index (κ1) is 20.2. The van der Waals surface area contributed by atoms with Crippen LogP contribution in [0.1, 0.15) is 29.3 Å². The molecule has 2 aromatic rings. The van der Waals surface area contributed by atoms with Gasteiger partial charge in [-0.3, -0.25) is 4.79 Å². The lowest BCUT2D eigenvalue weighted by Crippen LogP contribution is -2.35. The Balaban J connectivity index is 0.00000243. The number of nitrogens with two attached hydrogens (primary N) is 1. The minimum Gasteiger partial charge on any atom is -0.398 e. The number of carbonyl (C=O) groups is 1. The van der Waals surface area contributed by atoms with Gasteiger partial charge in [0.15, 0.2) is 0 Å². The molecule has 0 aromatic heterocycles. The maximum atomic E-state index is 12.9. The van der Waals surface area contributed by atoms with Crippen LogP contribution in [0, 0.1) is 0 Å². The van der Waals surface area contributed by atoms with Crippen LogP contribution >= 0.6 is 12.4 Å². The van der Waals surface area contributed by atoms with Crippen molar-refractivity contribution in [1.82, 2.24) is 4.72 Å². The number of sulfonamides is 1. The number of fused-ring (bicyclic) bond motifs is 1. The van der Waals surface area contributed by atoms with Gasteiger partial charge in [-0.1, -0.05) is 13.0 Å². The second kappa shape index (κ2) is 8.07. The summed E-state index contributed by atoms with van der Waals surface area (Å²) in [4.78, 5) is 14.7. The van der Waals surface area contributed by atoms with E-state index in [2.05, 4.69) is 4.72 Å². The lowest BCUT2D eigenvalue weighted by molar-refractivity contribution is 0.0985. The van der Waals surface area contributed by atoms with E-state index >= 15 is 0 Å². The van der Waals surface area contributed by atoms with Crippen molar-refractivity contribution in [2.75, 3.05) is 23.7 Å². The summed E-state index contributed by atoms with van der Waals surface area (Å²) in [5, 5.41) is 0. The average molecular weight is 396 g/mol. The quantitative estimate of drug-likeness (QED) is 0.778. The predicted octanol–water partition coefficient (Wildman–Crippen LogP) is 2.58. The van der Waals surface area contributed by atoms with Crippen LogP contribution in [-0.2, 0) is 16.4 Å². The second-order valence-electron chi connectivity index (χ2n) is 5.93. The molecule has 0 saturated carbocycles. The Morgan fingerprint density at radius 1 is 1.19 bits per heavy atom. The minimum absolute atomic E-state index is 0. The molecule has 6 nitrogen and oxygen atoms in total. The van der Waals surface area contributed by atoms with Gasteiger partial charge in [0.2, 0.25) is 10.0 Å². The molecule has 0 saturated heterocycles. The molecule has 0 unspecified atom stereocenters. The van der Waals surface area contributed by atoms with Gasteiger partial charge in [0.05, 0.1) is 4.90 Å². The molecule has 3 N–H and O–H groups in total. The second-order valence-corrected chi connectivity index (χ2v) is 7.70. The largest absolute Gasteiger partial charge is 0.398 e. The molecular weight excluding hydrogens is 374 g/mol. The lowest BCUT2D eigenvalue weighted by atomic mass is 9.99. The number of rotatable bonds is 4. The number of hydrogen-bond donors (Lipinski definition) is 2. The third-order valence-electron chi connectivity index (χ3n) is 4.28. The molecule has 140 valence electrons. The van der Waals surface area contributed by atoms with E-state index in [0.29, 0.717) is 24.3 Å². The number of nitrogen functional groups attached to an aromatic ring is 1. The first-order valence-corrected chi connectivity index (χ1v) is 9.71. The molecule has 2 aromatic carbocycles. The number of hydrogen-bond acceptors (Lipinski definition) is 4. The van der Waals surface area contributed by atoms with E-state index in [9.17, 15) is 13.2 Å². The highest BCUT2D eigenvalue weighted by molar-refractivity contribution is 7.89. The zero-order chi connectivity index (χ0) is 18.0. The molecular formula is C18H22ClN3O3S. The zero-order valence-electron chi connectivity index (χ0n) is 14.4. The third-order valence-corrected chi connectivity index (χ3v) is 5.84. The molecule has 0 radical (unpaired) electrons. The van der Waals surface area contributed by atoms with E-state index in [-0.39, 0.29) is 23.2 Å². The van der Waals surface area contributed by atoms with Crippen LogP contribution in [0.15, 0.2) is 47.4 Å². The highest BCUT2D eigenvalue weighted by Gasteiger charge is 2.25. The maximum Gasteiger partial charge on any atom is 0.258 e. The number of anilines is 2. The van der Waals surface area contributed by atoms with Crippen molar-refractivity contribution in [3.8, 4) is 0 Å². The standard InChI is InChI=1S/C18H21N3O3S.ClH/c1-2-20-25(23,24)14-10-8-13(9-11-14)18(22)21-12-4-5-15-16(19)6-3-7-17(15)21;/h3,6-11,20H,2,4-5,12,19H2,1H3;1H. The topological polar surface area (TPSA) is 92.5 Å². The number of carbonyl (C=O) groups excluding carboxylic acids is 1. The fourth-order valence-electron chi connectivity index (χ4n) is 3.07. The Bertz CT molecular complexity index is 898. The van der Waals surface area contributed by atoms with E-state index < -0.39 is 10.0 Å². The molecule has 1 amide bonds. The first-order chi connectivity index (χ1) is 11.9. The Morgan fingerprint density at radius 3 is 2.54 bits per heavy atom. The number of nitrogens with one attached hydrogen (secondary N) is 1. The highest BCUT2D eigenvalue weighted by atomic mass is 35.5. The molecule has 0 atom stereocenters. The smallest absolute Gasteiger partial charge is 0.258 e. The van der Waals surface area contributed by atoms with Gasteiger partial charge >= 0.3 is 0 Å². The summed E-state index contributed by atoms with van der Waals surface area (Å²) < 4.78 is 26.4. The van der Waals surface area contributed by atoms with Gasteiger partial charge < -0.3 is 10.6 Å². The van der Waals surface area contributed by atoms with Crippen molar-refractivity contribution in [3.63, 3.8) is 0 Å². The minimum atomic E-state index is -3.52. The van der Waals surface area contributed by atoms with Crippen molar-refractivity contribution in [2.24, 2.45) is 0 Å². The van der Waals surface area contributed by atoms with Gasteiger partial charge in [-0.15, -0.1) is 12.4 Å². The molecule has 0 bridgehead atoms. The number of benzene rings is 2. The van der Waals surface area contributed by atoms with Crippen LogP contribution in [0.3, 0.4) is 0 Å². The van der Waals surface area contributed by atoms with Gasteiger partial charge in [0.1, 0.15) is 0 Å². The van der Waals surface area contributed by atoms with Crippen LogP contribution in [-0.4, -0.2) is 27.4 Å². The number of halogens is 1. The van der Waals surface area contributed by atoms with Gasteiger partial charge in [0.25, 0.3) is 5.91 Å². The van der Waals surface area contributed by atoms with Crippen LogP contribution in [0.4, 0.5) is 11.4 Å². The third kappa shape index (κ3) is 3.85. The summed E-state index contributed by atoms with van der Waals surface area (Å²) in [5.74, 6) is -0.154. The molecule has 3 rings (SSSR count). The van der Waals surface area contributed by atoms with Crippen molar-refractivity contribution in [1.29, 1.82) is 0 Å². The normalized spacial score (nSPS) is 13.7. The van der Waals surface area contributed by atoms with Gasteiger partial charge in [-0.25, -0.2) is 13.1 Å². The fourth-order valence-corrected chi connectivity index (χ4v) is 4.11. The predicted molar refractivity (Wildman–Crippen MR) is 105 cm³/mol. The summed E-state index contributed by atoms with van der Waals surface area (Å²) in [6, 6.07) is 11.6. The van der Waals surface area contributed by atoms with Crippen LogP contribution < -0.4 is 15.4 Å². The van der Waals surface area contributed by atoms with E-state index in [1.807, 2.05) is 18.2 Å². The van der Waals surface area contributed by atoms with Crippen LogP contribution in [0.25, 0.3) is 0 Å². The van der Waals surface area contributed by atoms with Crippen molar-refractivity contribution in [3.05, 3.63) is 53.6 Å². The fraction of sp³-hybridized carbons (Fsp3) is 0.278. The van der Waals surface area contributed by atoms with Gasteiger partial charge in [-0.2, -0.15) is 0 Å². The monoisotopic (exact) mass is 395 g/mol. The van der Waals surface area contributed by atoms with E-state index in [4.69, 9.17) is 5.73 Å². The Labute approximate surface area is 159 Å². The Kier molecular flexibility index (Phi) is 6.28. The first-order valence-electron chi connectivity index (χ1n) is 8.23. The van der Waals surface area contributed by atoms with E-state index in [0.717, 1.165) is 24.1 Å². The van der Waals surface area contributed by atoms with E-state index in [1.54, 1.807) is 24.0 Å². The summed E-state index contributed by atoms with van der Waals surface area (Å²) >= 11 is 0. The summed E-state index contributed by atoms with van der Waals surface area (Å²) in [6.07, 6.45) is 1.70. The highest BCUT2D eigenvalue weighted by Crippen LogP contribution is 2.32. The molecule has 8 heteroatoms. The average Bonchev–Trinajstić information content (AvgIpc) is 2.61. The van der Waals surface area contributed by atoms with Crippen molar-refractivity contribution in [2.45, 2.75) is 24.7 Å². The molecule has 26 heavy (non-hydrogen) atoms. The van der Waals surface area contributed by atoms with Gasteiger partial charge in [0, 0.05) is 30.0 Å². The zero-order valence-corrected chi connectivity index (χ0v) is 16.1. The number of nitrogens with zero attached hydrogens (tertiary/aromatic N) is 1. The Morgan fingerprint density at radius 2 is 1.88 bits per heavy atom. The molecule has 1 heterocycles. The van der Waals surface area contributed by atoms with Crippen LogP contribution in [0.2, 0.25) is 0 Å². The molecule has 0 spiro atoms. The van der Waals surface area contributed by atoms with Gasteiger partial charge in [-0.05, 0) is 54.8 Å². The maximum absolute atomic E-state index is 12.9. The summed E-state index contributed by atoms with van der Waals surface area (Å²) in [6.45, 7) is 2.65. The molecule has 1 aliphatic rings.